The number of aliphatic hydroxyl groups is 1. The number of piperidine rings is 1. The molecule has 0 aliphatic carbocycles. The van der Waals surface area contributed by atoms with Gasteiger partial charge < -0.3 is 24.5 Å². The van der Waals surface area contributed by atoms with Crippen LogP contribution < -0.4 is 4.90 Å². The van der Waals surface area contributed by atoms with Gasteiger partial charge in [-0.1, -0.05) is 66.2 Å². The Bertz CT molecular complexity index is 3080. The van der Waals surface area contributed by atoms with Gasteiger partial charge in [-0.15, -0.1) is 11.8 Å². The van der Waals surface area contributed by atoms with Gasteiger partial charge in [-0.2, -0.15) is 13.2 Å². The highest BCUT2D eigenvalue weighted by Crippen LogP contribution is 2.41. The lowest BCUT2D eigenvalue weighted by Gasteiger charge is -2.40. The second kappa shape index (κ2) is 16.8. The van der Waals surface area contributed by atoms with Crippen LogP contribution in [0.15, 0.2) is 95.9 Å². The van der Waals surface area contributed by atoms with Crippen molar-refractivity contribution in [3.05, 3.63) is 135 Å². The molecule has 0 saturated carbocycles. The fraction of sp³-hybridized carbons (Fsp3) is 0.341. The molecule has 2 heterocycles. The lowest BCUT2D eigenvalue weighted by Crippen LogP contribution is -2.50. The molecule has 1 amide bonds. The van der Waals surface area contributed by atoms with Crippen molar-refractivity contribution >= 4 is 23.4 Å². The molecule has 0 radical (unpaired) electrons. The summed E-state index contributed by atoms with van der Waals surface area (Å²) in [6.07, 6.45) is -17.5. The topological polar surface area (TPSA) is 56.3 Å². The van der Waals surface area contributed by atoms with Crippen LogP contribution in [0.3, 0.4) is 0 Å². The van der Waals surface area contributed by atoms with E-state index in [-0.39, 0.29) is 16.0 Å². The summed E-state index contributed by atoms with van der Waals surface area (Å²) in [5, 5.41) is 10.1. The first-order valence-electron chi connectivity index (χ1n) is 28.0. The summed E-state index contributed by atoms with van der Waals surface area (Å²) in [6, 6.07) is -1.57. The summed E-state index contributed by atoms with van der Waals surface area (Å²) in [6.45, 7) is -27.1. The highest BCUT2D eigenvalue weighted by atomic mass is 32.2. The molecule has 0 bridgehead atoms. The highest BCUT2D eigenvalue weighted by Gasteiger charge is 2.33. The van der Waals surface area contributed by atoms with Crippen molar-refractivity contribution in [1.82, 2.24) is 9.80 Å². The summed E-state index contributed by atoms with van der Waals surface area (Å²) >= 11 is -0.527. The third kappa shape index (κ3) is 9.29. The number of nitrogens with zero attached hydrogens (tertiary/aromatic N) is 3. The van der Waals surface area contributed by atoms with Crippen molar-refractivity contribution in [3.8, 4) is 11.1 Å². The Labute approximate surface area is 347 Å². The second-order valence-electron chi connectivity index (χ2n) is 10.7. The van der Waals surface area contributed by atoms with Crippen molar-refractivity contribution in [1.29, 1.82) is 0 Å². The van der Waals surface area contributed by atoms with E-state index in [1.54, 1.807) is 0 Å². The quantitative estimate of drug-likeness (QED) is 0.145. The van der Waals surface area contributed by atoms with Gasteiger partial charge >= 0.3 is 6.18 Å². The van der Waals surface area contributed by atoms with Crippen LogP contribution in [0.25, 0.3) is 11.1 Å². The largest absolute Gasteiger partial charge is 0.416 e. The lowest BCUT2D eigenvalue weighted by atomic mass is 9.99. The smallest absolute Gasteiger partial charge is 0.384 e. The zero-order valence-corrected chi connectivity index (χ0v) is 27.6. The first-order valence-corrected chi connectivity index (χ1v) is 15.8. The zero-order chi connectivity index (χ0) is 60.7. The van der Waals surface area contributed by atoms with Gasteiger partial charge in [0.05, 0.1) is 36.3 Å². The number of hydrogen-bond acceptors (Lipinski definition) is 6. The van der Waals surface area contributed by atoms with Crippen LogP contribution in [0.1, 0.15) is 82.3 Å². The Balaban J connectivity index is 1.72. The van der Waals surface area contributed by atoms with E-state index in [9.17, 15) is 35.0 Å². The number of carbonyl (C=O) groups excluding carboxylic acids is 1. The molecule has 6 nitrogen and oxygen atoms in total. The molecule has 4 aromatic carbocycles. The second-order valence-corrected chi connectivity index (χ2v) is 11.5. The highest BCUT2D eigenvalue weighted by molar-refractivity contribution is 8.02. The van der Waals surface area contributed by atoms with E-state index >= 15 is 9.18 Å². The number of benzene rings is 4. The van der Waals surface area contributed by atoms with Gasteiger partial charge in [0.1, 0.15) is 12.6 Å². The Kier molecular flexibility index (Phi) is 5.56. The van der Waals surface area contributed by atoms with E-state index in [0.29, 0.717) is 36.4 Å². The fourth-order valence-electron chi connectivity index (χ4n) is 4.69. The van der Waals surface area contributed by atoms with E-state index in [0.717, 1.165) is 37.3 Å². The molecule has 1 N–H and O–H groups in total. The number of carbonyl (C=O) groups is 1. The molecule has 1 saturated heterocycles. The van der Waals surface area contributed by atoms with Gasteiger partial charge in [0, 0.05) is 78.0 Å². The maximum Gasteiger partial charge on any atom is 0.416 e. The molecule has 0 spiro atoms. The number of hydrogen-bond donors (Lipinski definition) is 1. The Morgan fingerprint density at radius 2 is 1.79 bits per heavy atom. The normalized spacial score (nSPS) is 30.1. The monoisotopic (exact) mass is 777 g/mol. The van der Waals surface area contributed by atoms with E-state index in [2.05, 4.69) is 4.74 Å². The minimum absolute atomic E-state index is 0.0183. The zero-order valence-electron chi connectivity index (χ0n) is 52.8. The molecule has 12 heteroatoms. The first-order chi connectivity index (χ1) is 35.4. The SMILES string of the molecule is [2H]C1=C(SC([2H])([2H])c2cccc(F)c2F)N(C([2H])([2H])C(=O)N(C([2H])([2H])c2ccc(-c3ccc(C(F)(F)F)cc3)cc2)C2([2H])C([2H])([2H])C([2H])([2H])N(C([2H])([2H])C([2H])([2H])OC([2H])([2H])[2H])C([2H])([2H])C2([2H])[2H])c2c([2H])c([2H])c(C)c([2H])c2C1O. The van der Waals surface area contributed by atoms with E-state index < -0.39 is 185 Å². The van der Waals surface area contributed by atoms with Crippen molar-refractivity contribution in [2.45, 2.75) is 50.2 Å². The number of aliphatic hydroxyl groups excluding tert-OH is 1. The Hall–Kier alpha value is -4.23. The van der Waals surface area contributed by atoms with Crippen LogP contribution in [-0.4, -0.2) is 66.4 Å². The van der Waals surface area contributed by atoms with Gasteiger partial charge in [-0.25, -0.2) is 8.78 Å². The predicted molar refractivity (Wildman–Crippen MR) is 198 cm³/mol. The Morgan fingerprint density at radius 1 is 1.09 bits per heavy atom. The van der Waals surface area contributed by atoms with E-state index in [1.807, 2.05) is 0 Å². The van der Waals surface area contributed by atoms with Crippen LogP contribution >= 0.6 is 11.8 Å². The van der Waals surface area contributed by atoms with E-state index in [4.69, 9.17) is 23.3 Å². The number of rotatable bonds is 12. The summed E-state index contributed by atoms with van der Waals surface area (Å²) in [7, 11) is -3.96. The van der Waals surface area contributed by atoms with Gasteiger partial charge in [0.25, 0.3) is 0 Å². The van der Waals surface area contributed by atoms with Crippen LogP contribution in [0.2, 0.25) is 0 Å². The number of halogens is 5. The minimum Gasteiger partial charge on any atom is -0.384 e. The van der Waals surface area contributed by atoms with Crippen molar-refractivity contribution in [3.63, 3.8) is 0 Å². The van der Waals surface area contributed by atoms with Crippen LogP contribution in [-0.2, 0) is 27.9 Å². The average Bonchev–Trinajstić information content (AvgIpc) is 3.51. The molecular formula is C41H42F5N3O3S. The number of amides is 1. The average molecular weight is 778 g/mol. The molecule has 6 rings (SSSR count). The van der Waals surface area contributed by atoms with Crippen LogP contribution in [0.4, 0.5) is 27.6 Å². The number of anilines is 1. The summed E-state index contributed by atoms with van der Waals surface area (Å²) in [5.41, 5.74) is -9.86. The summed E-state index contributed by atoms with van der Waals surface area (Å²) in [4.78, 5) is 13.4. The van der Waals surface area contributed by atoms with Crippen molar-refractivity contribution in [2.75, 3.05) is 44.5 Å². The summed E-state index contributed by atoms with van der Waals surface area (Å²) < 4.78 is 305. The summed E-state index contributed by atoms with van der Waals surface area (Å²) in [5.74, 6) is -6.48. The molecular weight excluding hydrogens is 710 g/mol. The fourth-order valence-corrected chi connectivity index (χ4v) is 5.46. The molecule has 1 unspecified atom stereocenters. The first kappa shape index (κ1) is 17.5. The number of thioether (sulfide) groups is 1. The van der Waals surface area contributed by atoms with Crippen molar-refractivity contribution < 1.29 is 72.2 Å². The van der Waals surface area contributed by atoms with Gasteiger partial charge in [-0.05, 0) is 66.7 Å². The Morgan fingerprint density at radius 3 is 2.47 bits per heavy atom. The molecule has 1 fully saturated rings. The van der Waals surface area contributed by atoms with E-state index in [1.165, 1.54) is 0 Å². The number of methoxy groups -OCH3 is 1. The number of alkyl halides is 3. The van der Waals surface area contributed by atoms with Crippen molar-refractivity contribution in [2.24, 2.45) is 0 Å². The van der Waals surface area contributed by atoms with Gasteiger partial charge in [-0.3, -0.25) is 4.79 Å². The maximum atomic E-state index is 15.9. The molecule has 0 aromatic heterocycles. The number of likely N-dealkylation sites (tertiary alicyclic amines) is 1. The molecule has 53 heavy (non-hydrogen) atoms. The lowest BCUT2D eigenvalue weighted by molar-refractivity contribution is -0.137. The third-order valence-electron chi connectivity index (χ3n) is 7.20. The van der Waals surface area contributed by atoms with Crippen LogP contribution in [0, 0.1) is 18.6 Å². The standard InChI is InChI=1S/C41H42F5N3O3S/c1-27-6-15-36-34(22-27)37(50)23-39(53-26-31-4-3-5-35(42)40(31)43)49(36)25-38(51)48(33-16-18-47(19-17-33)20-21-52-2)24-28-7-9-29(10-8-28)30-11-13-32(14-12-30)41(44,45)46/h3-15,22-23,33,37,50H,16-21,24-26H2,1-2H3/i2D3,6D,15D,16D2,17D2,18D2,19D2,20D2,21D2,22D,23D,24D2,25D2,26D2,33D. The molecule has 1 atom stereocenters. The minimum atomic E-state index is -5.16. The molecule has 280 valence electrons. The van der Waals surface area contributed by atoms with Gasteiger partial charge in [0.2, 0.25) is 5.91 Å². The number of fused-ring (bicyclic) bond motifs is 1. The molecule has 4 aromatic rings. The van der Waals surface area contributed by atoms with Crippen LogP contribution in [0.5, 0.6) is 0 Å². The maximum absolute atomic E-state index is 15.9. The predicted octanol–water partition coefficient (Wildman–Crippen LogP) is 8.73. The molecule has 2 aliphatic rings. The molecule has 2 aliphatic heterocycles. The number of ether oxygens (including phenoxy) is 1. The van der Waals surface area contributed by atoms with Gasteiger partial charge in [0.15, 0.2) is 11.6 Å². The third-order valence-corrected chi connectivity index (χ3v) is 8.02.